The van der Waals surface area contributed by atoms with Crippen LogP contribution in [0.15, 0.2) is 48.5 Å². The Balaban J connectivity index is 1.75. The third-order valence-electron chi connectivity index (χ3n) is 4.39. The molecule has 27 heavy (non-hydrogen) atoms. The fourth-order valence-corrected chi connectivity index (χ4v) is 3.40. The van der Waals surface area contributed by atoms with Crippen molar-refractivity contribution in [3.8, 4) is 5.75 Å². The molecule has 0 saturated carbocycles. The molecule has 0 aliphatic carbocycles. The third kappa shape index (κ3) is 4.77. The van der Waals surface area contributed by atoms with E-state index in [4.69, 9.17) is 33.7 Å². The standard InChI is InChI=1S/C20H23ClN4OS/c1-23(13-16-12-17(21)9-10-18(16)26-3)14-25-20(27)24(2)19(22-25)11-15-7-5-4-6-8-15/h4-10,12H,11,13-14H2,1-3H3. The van der Waals surface area contributed by atoms with Gasteiger partial charge in [0.2, 0.25) is 0 Å². The van der Waals surface area contributed by atoms with Gasteiger partial charge in [0.25, 0.3) is 0 Å². The number of methoxy groups -OCH3 is 1. The fraction of sp³-hybridized carbons (Fsp3) is 0.300. The average molecular weight is 403 g/mol. The highest BCUT2D eigenvalue weighted by Crippen LogP contribution is 2.24. The number of hydrogen-bond acceptors (Lipinski definition) is 4. The van der Waals surface area contributed by atoms with E-state index in [1.807, 2.05) is 59.7 Å². The van der Waals surface area contributed by atoms with Gasteiger partial charge in [-0.05, 0) is 43.0 Å². The smallest absolute Gasteiger partial charge is 0.198 e. The molecule has 3 aromatic rings. The molecule has 0 fully saturated rings. The normalized spacial score (nSPS) is 11.1. The largest absolute Gasteiger partial charge is 0.496 e. The Morgan fingerprint density at radius 2 is 1.93 bits per heavy atom. The summed E-state index contributed by atoms with van der Waals surface area (Å²) >= 11 is 11.7. The van der Waals surface area contributed by atoms with Crippen molar-refractivity contribution in [1.82, 2.24) is 19.2 Å². The Morgan fingerprint density at radius 3 is 2.63 bits per heavy atom. The van der Waals surface area contributed by atoms with E-state index in [1.54, 1.807) is 7.11 Å². The van der Waals surface area contributed by atoms with Gasteiger partial charge < -0.3 is 9.30 Å². The first-order valence-electron chi connectivity index (χ1n) is 8.65. The van der Waals surface area contributed by atoms with Crippen molar-refractivity contribution in [2.45, 2.75) is 19.6 Å². The van der Waals surface area contributed by atoms with Gasteiger partial charge >= 0.3 is 0 Å². The van der Waals surface area contributed by atoms with Gasteiger partial charge in [0.15, 0.2) is 4.77 Å². The number of rotatable bonds is 7. The second kappa shape index (κ2) is 8.69. The van der Waals surface area contributed by atoms with Crippen LogP contribution in [0.5, 0.6) is 5.75 Å². The zero-order valence-corrected chi connectivity index (χ0v) is 17.3. The third-order valence-corrected chi connectivity index (χ3v) is 5.11. The first-order chi connectivity index (χ1) is 13.0. The Labute approximate surface area is 169 Å². The minimum Gasteiger partial charge on any atom is -0.496 e. The monoisotopic (exact) mass is 402 g/mol. The highest BCUT2D eigenvalue weighted by Gasteiger charge is 2.12. The molecule has 0 bridgehead atoms. The van der Waals surface area contributed by atoms with Crippen molar-refractivity contribution < 1.29 is 4.74 Å². The minimum atomic E-state index is 0.580. The molecule has 0 atom stereocenters. The van der Waals surface area contributed by atoms with Crippen LogP contribution >= 0.6 is 23.8 Å². The molecule has 142 valence electrons. The van der Waals surface area contributed by atoms with E-state index in [-0.39, 0.29) is 0 Å². The van der Waals surface area contributed by atoms with E-state index < -0.39 is 0 Å². The zero-order chi connectivity index (χ0) is 19.4. The van der Waals surface area contributed by atoms with Crippen molar-refractivity contribution in [2.75, 3.05) is 14.2 Å². The van der Waals surface area contributed by atoms with Crippen LogP contribution in [0, 0.1) is 4.77 Å². The van der Waals surface area contributed by atoms with Crippen LogP contribution in [-0.2, 0) is 26.7 Å². The fourth-order valence-electron chi connectivity index (χ4n) is 3.00. The molecule has 0 aliphatic rings. The van der Waals surface area contributed by atoms with Gasteiger partial charge in [-0.25, -0.2) is 4.68 Å². The first kappa shape index (κ1) is 19.6. The maximum atomic E-state index is 6.13. The molecule has 3 rings (SSSR count). The summed E-state index contributed by atoms with van der Waals surface area (Å²) in [4.78, 5) is 2.13. The summed E-state index contributed by atoms with van der Waals surface area (Å²) in [6.07, 6.45) is 0.750. The molecule has 0 unspecified atom stereocenters. The summed E-state index contributed by atoms with van der Waals surface area (Å²) in [6, 6.07) is 15.9. The minimum absolute atomic E-state index is 0.580. The van der Waals surface area contributed by atoms with Crippen molar-refractivity contribution in [3.63, 3.8) is 0 Å². The van der Waals surface area contributed by atoms with Gasteiger partial charge in [-0.1, -0.05) is 41.9 Å². The van der Waals surface area contributed by atoms with Crippen LogP contribution in [0.1, 0.15) is 17.0 Å². The zero-order valence-electron chi connectivity index (χ0n) is 15.7. The summed E-state index contributed by atoms with van der Waals surface area (Å²) < 4.78 is 9.95. The van der Waals surface area contributed by atoms with Crippen LogP contribution in [0.3, 0.4) is 0 Å². The number of aromatic nitrogens is 3. The SMILES string of the molecule is COc1ccc(Cl)cc1CN(C)Cn1nc(Cc2ccccc2)n(C)c1=S. The van der Waals surface area contributed by atoms with Crippen LogP contribution in [-0.4, -0.2) is 33.4 Å². The molecule has 5 nitrogen and oxygen atoms in total. The molecule has 0 spiro atoms. The molecule has 0 aliphatic heterocycles. The van der Waals surface area contributed by atoms with Gasteiger partial charge in [0.05, 0.1) is 13.8 Å². The lowest BCUT2D eigenvalue weighted by atomic mass is 10.1. The summed E-state index contributed by atoms with van der Waals surface area (Å²) in [6.45, 7) is 1.26. The molecular formula is C20H23ClN4OS. The maximum Gasteiger partial charge on any atom is 0.198 e. The van der Waals surface area contributed by atoms with Gasteiger partial charge in [-0.15, -0.1) is 0 Å². The number of hydrogen-bond donors (Lipinski definition) is 0. The van der Waals surface area contributed by atoms with Gasteiger partial charge in [-0.2, -0.15) is 5.10 Å². The summed E-state index contributed by atoms with van der Waals surface area (Å²) in [7, 11) is 5.65. The van der Waals surface area contributed by atoms with Crippen molar-refractivity contribution in [2.24, 2.45) is 7.05 Å². The van der Waals surface area contributed by atoms with E-state index >= 15 is 0 Å². The van der Waals surface area contributed by atoms with Gasteiger partial charge in [0.1, 0.15) is 11.6 Å². The molecule has 1 aromatic heterocycles. The lowest BCUT2D eigenvalue weighted by Gasteiger charge is -2.18. The molecule has 0 amide bonds. The van der Waals surface area contributed by atoms with Crippen LogP contribution in [0.4, 0.5) is 0 Å². The molecular weight excluding hydrogens is 380 g/mol. The van der Waals surface area contributed by atoms with E-state index in [0.29, 0.717) is 23.0 Å². The van der Waals surface area contributed by atoms with E-state index in [0.717, 1.165) is 23.6 Å². The maximum absolute atomic E-state index is 6.13. The van der Waals surface area contributed by atoms with Gasteiger partial charge in [0, 0.05) is 30.6 Å². The van der Waals surface area contributed by atoms with E-state index in [9.17, 15) is 0 Å². The van der Waals surface area contributed by atoms with Crippen LogP contribution in [0.2, 0.25) is 5.02 Å². The molecule has 2 aromatic carbocycles. The van der Waals surface area contributed by atoms with Crippen molar-refractivity contribution >= 4 is 23.8 Å². The number of benzene rings is 2. The summed E-state index contributed by atoms with van der Waals surface area (Å²) in [5.41, 5.74) is 2.24. The van der Waals surface area contributed by atoms with Crippen molar-refractivity contribution in [3.05, 3.63) is 75.3 Å². The predicted molar refractivity (Wildman–Crippen MR) is 111 cm³/mol. The number of ether oxygens (including phenoxy) is 1. The Hall–Kier alpha value is -2.15. The highest BCUT2D eigenvalue weighted by atomic mass is 35.5. The topological polar surface area (TPSA) is 35.2 Å². The molecule has 7 heteroatoms. The number of nitrogens with zero attached hydrogens (tertiary/aromatic N) is 4. The molecule has 0 radical (unpaired) electrons. The number of halogens is 1. The lowest BCUT2D eigenvalue weighted by molar-refractivity contribution is 0.240. The Bertz CT molecular complexity index is 968. The average Bonchev–Trinajstić information content (AvgIpc) is 2.90. The Kier molecular flexibility index (Phi) is 6.31. The highest BCUT2D eigenvalue weighted by molar-refractivity contribution is 7.71. The quantitative estimate of drug-likeness (QED) is 0.552. The Morgan fingerprint density at radius 1 is 1.19 bits per heavy atom. The lowest BCUT2D eigenvalue weighted by Crippen LogP contribution is -2.23. The van der Waals surface area contributed by atoms with Crippen LogP contribution in [0.25, 0.3) is 0 Å². The van der Waals surface area contributed by atoms with Crippen LogP contribution < -0.4 is 4.74 Å². The second-order valence-corrected chi connectivity index (χ2v) is 7.33. The molecule has 0 N–H and O–H groups in total. The van der Waals surface area contributed by atoms with E-state index in [2.05, 4.69) is 17.0 Å². The second-order valence-electron chi connectivity index (χ2n) is 6.53. The van der Waals surface area contributed by atoms with Gasteiger partial charge in [-0.3, -0.25) is 4.90 Å². The molecule has 1 heterocycles. The predicted octanol–water partition coefficient (Wildman–Crippen LogP) is 4.29. The first-order valence-corrected chi connectivity index (χ1v) is 9.44. The van der Waals surface area contributed by atoms with E-state index in [1.165, 1.54) is 5.56 Å². The summed E-state index contributed by atoms with van der Waals surface area (Å²) in [5.74, 6) is 1.76. The summed E-state index contributed by atoms with van der Waals surface area (Å²) in [5, 5.41) is 5.42. The van der Waals surface area contributed by atoms with Crippen molar-refractivity contribution in [1.29, 1.82) is 0 Å². The molecule has 0 saturated heterocycles.